The molecule has 0 saturated heterocycles. The highest BCUT2D eigenvalue weighted by Crippen LogP contribution is 2.28. The Hall–Kier alpha value is -3.64. The summed E-state index contributed by atoms with van der Waals surface area (Å²) in [4.78, 5) is 32.7. The molecule has 3 N–H and O–H groups in total. The van der Waals surface area contributed by atoms with Crippen LogP contribution in [0.5, 0.6) is 0 Å². The van der Waals surface area contributed by atoms with Gasteiger partial charge in [-0.05, 0) is 32.0 Å². The molecule has 0 atom stereocenters. The molecule has 0 aliphatic rings. The molecule has 4 heterocycles. The van der Waals surface area contributed by atoms with E-state index < -0.39 is 5.41 Å². The first-order valence-corrected chi connectivity index (χ1v) is 11.5. The Labute approximate surface area is 200 Å². The quantitative estimate of drug-likeness (QED) is 0.345. The molecule has 4 rings (SSSR count). The minimum absolute atomic E-state index is 0.104. The van der Waals surface area contributed by atoms with Crippen molar-refractivity contribution in [3.63, 3.8) is 0 Å². The number of fused-ring (bicyclic) bond motifs is 1. The van der Waals surface area contributed by atoms with Crippen LogP contribution < -0.4 is 15.5 Å². The molecule has 0 unspecified atom stereocenters. The van der Waals surface area contributed by atoms with E-state index in [-0.39, 0.29) is 12.6 Å². The van der Waals surface area contributed by atoms with Gasteiger partial charge in [-0.1, -0.05) is 16.5 Å². The number of hydrogen-bond donors (Lipinski definition) is 3. The Balaban J connectivity index is 1.36. The fraction of sp³-hybridized carbons (Fsp3) is 0.364. The maximum atomic E-state index is 12.3. The molecule has 0 aliphatic heterocycles. The monoisotopic (exact) mass is 482 g/mol. The minimum atomic E-state index is -0.609. The number of anilines is 2. The number of aromatic nitrogens is 5. The molecule has 0 saturated carbocycles. The number of aliphatic hydroxyl groups is 1. The van der Waals surface area contributed by atoms with Crippen molar-refractivity contribution in [3.8, 4) is 11.3 Å². The van der Waals surface area contributed by atoms with Crippen molar-refractivity contribution in [2.75, 3.05) is 37.5 Å². The number of carbonyl (C=O) groups excluding carboxylic acids is 1. The zero-order valence-corrected chi connectivity index (χ0v) is 20.2. The summed E-state index contributed by atoms with van der Waals surface area (Å²) in [5.74, 6) is 0.821. The Morgan fingerprint density at radius 3 is 2.79 bits per heavy atom. The van der Waals surface area contributed by atoms with Gasteiger partial charge in [0.05, 0.1) is 29.6 Å². The molecule has 0 fully saturated rings. The number of pyridine rings is 2. The van der Waals surface area contributed by atoms with E-state index in [1.165, 1.54) is 11.3 Å². The average molecular weight is 483 g/mol. The van der Waals surface area contributed by atoms with Crippen LogP contribution in [-0.4, -0.2) is 63.5 Å². The van der Waals surface area contributed by atoms with Crippen LogP contribution in [0.2, 0.25) is 0 Å². The van der Waals surface area contributed by atoms with Gasteiger partial charge in [0.1, 0.15) is 10.3 Å². The van der Waals surface area contributed by atoms with E-state index in [1.807, 2.05) is 51.0 Å². The summed E-state index contributed by atoms with van der Waals surface area (Å²) in [6.07, 6.45) is 3.96. The number of hydrogen-bond acceptors (Lipinski definition) is 10. The minimum Gasteiger partial charge on any atom is -0.395 e. The number of thiazole rings is 1. The SMILES string of the molecule is CN(C)c1cncc(-c2ccc3nc(NC(=O)NCCc4noc(C(C)(C)CO)n4)sc3n2)c1. The number of aliphatic hydroxyl groups excluding tert-OH is 1. The molecule has 34 heavy (non-hydrogen) atoms. The van der Waals surface area contributed by atoms with Crippen LogP contribution in [0.4, 0.5) is 15.6 Å². The highest BCUT2D eigenvalue weighted by molar-refractivity contribution is 7.21. The fourth-order valence-electron chi connectivity index (χ4n) is 2.97. The van der Waals surface area contributed by atoms with Gasteiger partial charge in [-0.25, -0.2) is 14.8 Å². The first-order chi connectivity index (χ1) is 16.2. The van der Waals surface area contributed by atoms with Gasteiger partial charge in [-0.2, -0.15) is 4.98 Å². The Morgan fingerprint density at radius 2 is 2.03 bits per heavy atom. The van der Waals surface area contributed by atoms with Crippen LogP contribution in [0.3, 0.4) is 0 Å². The predicted octanol–water partition coefficient (Wildman–Crippen LogP) is 2.84. The van der Waals surface area contributed by atoms with Crippen LogP contribution in [0.25, 0.3) is 21.6 Å². The zero-order chi connectivity index (χ0) is 24.3. The van der Waals surface area contributed by atoms with E-state index in [0.717, 1.165) is 16.9 Å². The Bertz CT molecular complexity index is 1300. The lowest BCUT2D eigenvalue weighted by Gasteiger charge is -2.14. The topological polar surface area (TPSA) is 142 Å². The van der Waals surface area contributed by atoms with Gasteiger partial charge in [0, 0.05) is 38.8 Å². The second-order valence-electron chi connectivity index (χ2n) is 8.55. The van der Waals surface area contributed by atoms with Gasteiger partial charge in [0.2, 0.25) is 5.89 Å². The third-order valence-electron chi connectivity index (χ3n) is 5.09. The summed E-state index contributed by atoms with van der Waals surface area (Å²) in [6, 6.07) is 5.40. The molecule has 178 valence electrons. The van der Waals surface area contributed by atoms with E-state index in [4.69, 9.17) is 4.52 Å². The molecule has 4 aromatic rings. The van der Waals surface area contributed by atoms with Crippen molar-refractivity contribution in [2.45, 2.75) is 25.7 Å². The van der Waals surface area contributed by atoms with E-state index in [9.17, 15) is 9.90 Å². The highest BCUT2D eigenvalue weighted by Gasteiger charge is 2.26. The first-order valence-electron chi connectivity index (χ1n) is 10.6. The standard InChI is InChI=1S/C22H26N8O3S/c1-22(2,12-31)19-27-17(29-33-19)7-8-24-20(32)28-21-26-16-6-5-15(25-18(16)34-21)13-9-14(30(3)4)11-23-10-13/h5-6,9-11,31H,7-8,12H2,1-4H3,(H2,24,26,28,32). The van der Waals surface area contributed by atoms with Crippen LogP contribution in [0, 0.1) is 0 Å². The van der Waals surface area contributed by atoms with E-state index in [0.29, 0.717) is 40.2 Å². The van der Waals surface area contributed by atoms with E-state index >= 15 is 0 Å². The number of urea groups is 1. The van der Waals surface area contributed by atoms with E-state index in [2.05, 4.69) is 35.7 Å². The lowest BCUT2D eigenvalue weighted by Crippen LogP contribution is -2.30. The van der Waals surface area contributed by atoms with Crippen LogP contribution in [0.1, 0.15) is 25.6 Å². The fourth-order valence-corrected chi connectivity index (χ4v) is 3.80. The molecule has 2 amide bonds. The molecular formula is C22H26N8O3S. The molecule has 4 aromatic heterocycles. The third-order valence-corrected chi connectivity index (χ3v) is 5.97. The molecule has 0 aliphatic carbocycles. The average Bonchev–Trinajstić information content (AvgIpc) is 3.45. The van der Waals surface area contributed by atoms with Gasteiger partial charge in [0.15, 0.2) is 11.0 Å². The zero-order valence-electron chi connectivity index (χ0n) is 19.4. The summed E-state index contributed by atoms with van der Waals surface area (Å²) < 4.78 is 5.20. The molecule has 0 aromatic carbocycles. The predicted molar refractivity (Wildman–Crippen MR) is 130 cm³/mol. The van der Waals surface area contributed by atoms with Crippen molar-refractivity contribution in [3.05, 3.63) is 42.3 Å². The van der Waals surface area contributed by atoms with E-state index in [1.54, 1.807) is 12.4 Å². The van der Waals surface area contributed by atoms with Crippen molar-refractivity contribution in [1.82, 2.24) is 30.4 Å². The van der Waals surface area contributed by atoms with Gasteiger partial charge in [0.25, 0.3) is 0 Å². The third kappa shape index (κ3) is 5.29. The number of amides is 2. The summed E-state index contributed by atoms with van der Waals surface area (Å²) in [6.45, 7) is 3.83. The summed E-state index contributed by atoms with van der Waals surface area (Å²) >= 11 is 1.29. The van der Waals surface area contributed by atoms with Gasteiger partial charge >= 0.3 is 6.03 Å². The molecule has 12 heteroatoms. The maximum absolute atomic E-state index is 12.3. The van der Waals surface area contributed by atoms with Crippen molar-refractivity contribution < 1.29 is 14.4 Å². The van der Waals surface area contributed by atoms with Crippen molar-refractivity contribution >= 4 is 38.5 Å². The maximum Gasteiger partial charge on any atom is 0.321 e. The summed E-state index contributed by atoms with van der Waals surface area (Å²) in [5.41, 5.74) is 2.76. The number of nitrogens with zero attached hydrogens (tertiary/aromatic N) is 6. The normalized spacial score (nSPS) is 11.6. The van der Waals surface area contributed by atoms with Gasteiger partial charge in [-0.15, -0.1) is 0 Å². The Kier molecular flexibility index (Phi) is 6.70. The molecular weight excluding hydrogens is 456 g/mol. The molecule has 0 radical (unpaired) electrons. The molecule has 11 nitrogen and oxygen atoms in total. The molecule has 0 spiro atoms. The number of nitrogens with one attached hydrogen (secondary N) is 2. The Morgan fingerprint density at radius 1 is 1.21 bits per heavy atom. The van der Waals surface area contributed by atoms with Crippen LogP contribution >= 0.6 is 11.3 Å². The smallest absolute Gasteiger partial charge is 0.321 e. The number of carbonyl (C=O) groups is 1. The van der Waals surface area contributed by atoms with Gasteiger partial charge in [-0.3, -0.25) is 10.3 Å². The van der Waals surface area contributed by atoms with Gasteiger partial charge < -0.3 is 19.8 Å². The van der Waals surface area contributed by atoms with Crippen molar-refractivity contribution in [2.24, 2.45) is 0 Å². The molecule has 0 bridgehead atoms. The summed E-state index contributed by atoms with van der Waals surface area (Å²) in [7, 11) is 3.92. The lowest BCUT2D eigenvalue weighted by molar-refractivity contribution is 0.182. The van der Waals surface area contributed by atoms with Crippen LogP contribution in [-0.2, 0) is 11.8 Å². The second kappa shape index (κ2) is 9.69. The lowest BCUT2D eigenvalue weighted by atomic mass is 9.95. The highest BCUT2D eigenvalue weighted by atomic mass is 32.1. The van der Waals surface area contributed by atoms with Crippen LogP contribution in [0.15, 0.2) is 35.1 Å². The summed E-state index contributed by atoms with van der Waals surface area (Å²) in [5, 5.41) is 19.2. The largest absolute Gasteiger partial charge is 0.395 e. The second-order valence-corrected chi connectivity index (χ2v) is 9.53. The van der Waals surface area contributed by atoms with Crippen molar-refractivity contribution in [1.29, 1.82) is 0 Å². The number of rotatable bonds is 8. The first kappa shape index (κ1) is 23.5.